The summed E-state index contributed by atoms with van der Waals surface area (Å²) in [5.41, 5.74) is 1.86. The fourth-order valence-electron chi connectivity index (χ4n) is 3.75. The summed E-state index contributed by atoms with van der Waals surface area (Å²) in [5, 5.41) is 0.231. The molecule has 2 aromatic rings. The number of nitrogens with zero attached hydrogens (tertiary/aromatic N) is 2. The van der Waals surface area contributed by atoms with Crippen LogP contribution in [0, 0.1) is 6.92 Å². The van der Waals surface area contributed by atoms with Gasteiger partial charge in [0.05, 0.1) is 27.8 Å². The molecule has 2 aromatic carbocycles. The number of halogens is 1. The summed E-state index contributed by atoms with van der Waals surface area (Å²) >= 11 is 6.33. The Hall–Kier alpha value is -2.09. The van der Waals surface area contributed by atoms with E-state index < -0.39 is 10.0 Å². The summed E-state index contributed by atoms with van der Waals surface area (Å²) in [6, 6.07) is 10.0. The molecule has 6 nitrogen and oxygen atoms in total. The zero-order chi connectivity index (χ0) is 20.6. The minimum atomic E-state index is -3.64. The largest absolute Gasteiger partial charge is 0.491 e. The Morgan fingerprint density at radius 2 is 1.79 bits per heavy atom. The van der Waals surface area contributed by atoms with Crippen LogP contribution in [0.1, 0.15) is 35.2 Å². The number of fused-ring (bicyclic) bond motifs is 1. The molecule has 0 bridgehead atoms. The number of carbonyl (C=O) groups excluding carboxylic acids is 1. The average Bonchev–Trinajstić information content (AvgIpc) is 3.17. The van der Waals surface area contributed by atoms with Gasteiger partial charge >= 0.3 is 0 Å². The first-order chi connectivity index (χ1) is 13.9. The van der Waals surface area contributed by atoms with Crippen LogP contribution in [0.25, 0.3) is 0 Å². The van der Waals surface area contributed by atoms with E-state index in [-0.39, 0.29) is 21.4 Å². The Kier molecular flexibility index (Phi) is 5.55. The van der Waals surface area contributed by atoms with Gasteiger partial charge in [-0.2, -0.15) is 4.31 Å². The predicted octanol–water partition coefficient (Wildman–Crippen LogP) is 3.86. The molecule has 2 aliphatic rings. The van der Waals surface area contributed by atoms with E-state index in [2.05, 4.69) is 0 Å². The summed E-state index contributed by atoms with van der Waals surface area (Å²) in [6.45, 7) is 3.93. The number of ether oxygens (including phenoxy) is 1. The lowest BCUT2D eigenvalue weighted by molar-refractivity contribution is 0.0987. The number of rotatable bonds is 3. The van der Waals surface area contributed by atoms with Crippen LogP contribution in [-0.4, -0.2) is 44.9 Å². The predicted molar refractivity (Wildman–Crippen MR) is 112 cm³/mol. The van der Waals surface area contributed by atoms with Crippen LogP contribution in [-0.2, 0) is 10.0 Å². The lowest BCUT2D eigenvalue weighted by atomic mass is 10.1. The van der Waals surface area contributed by atoms with E-state index >= 15 is 0 Å². The molecule has 8 heteroatoms. The highest BCUT2D eigenvalue weighted by Crippen LogP contribution is 2.34. The Labute approximate surface area is 176 Å². The Bertz CT molecular complexity index is 1050. The van der Waals surface area contributed by atoms with Crippen molar-refractivity contribution in [2.24, 2.45) is 0 Å². The molecule has 0 saturated carbocycles. The molecule has 0 aromatic heterocycles. The molecule has 0 atom stereocenters. The maximum Gasteiger partial charge on any atom is 0.259 e. The van der Waals surface area contributed by atoms with Crippen molar-refractivity contribution >= 4 is 33.2 Å². The minimum absolute atomic E-state index is 0.0997. The Morgan fingerprint density at radius 1 is 1.03 bits per heavy atom. The van der Waals surface area contributed by atoms with Crippen molar-refractivity contribution in [3.63, 3.8) is 0 Å². The lowest BCUT2D eigenvalue weighted by Gasteiger charge is -2.23. The van der Waals surface area contributed by atoms with Crippen LogP contribution in [0.5, 0.6) is 5.75 Å². The molecule has 4 rings (SSSR count). The van der Waals surface area contributed by atoms with Gasteiger partial charge in [-0.3, -0.25) is 4.79 Å². The van der Waals surface area contributed by atoms with Crippen molar-refractivity contribution in [2.75, 3.05) is 31.1 Å². The lowest BCUT2D eigenvalue weighted by Crippen LogP contribution is -2.32. The zero-order valence-corrected chi connectivity index (χ0v) is 17.8. The highest BCUT2D eigenvalue weighted by Gasteiger charge is 2.30. The summed E-state index contributed by atoms with van der Waals surface area (Å²) in [5.74, 6) is 0.309. The van der Waals surface area contributed by atoms with E-state index in [0.717, 1.165) is 18.4 Å². The molecule has 2 heterocycles. The molecule has 2 aliphatic heterocycles. The number of hydrogen-bond acceptors (Lipinski definition) is 4. The van der Waals surface area contributed by atoms with Gasteiger partial charge in [0.25, 0.3) is 5.91 Å². The number of anilines is 1. The van der Waals surface area contributed by atoms with Gasteiger partial charge in [-0.1, -0.05) is 17.7 Å². The van der Waals surface area contributed by atoms with E-state index in [1.54, 1.807) is 4.90 Å². The standard InChI is InChI=1S/C21H23ClN2O4S/c1-15-5-8-20-19(13-15)24(11-4-12-28-20)21(25)17-14-16(6-7-18(17)22)29(26,27)23-9-2-3-10-23/h5-8,13-14H,2-4,9-12H2,1H3. The molecular formula is C21H23ClN2O4S. The number of sulfonamides is 1. The van der Waals surface area contributed by atoms with Crippen molar-refractivity contribution in [3.05, 3.63) is 52.5 Å². The topological polar surface area (TPSA) is 66.9 Å². The van der Waals surface area contributed by atoms with Crippen LogP contribution in [0.4, 0.5) is 5.69 Å². The Morgan fingerprint density at radius 3 is 2.55 bits per heavy atom. The molecule has 154 valence electrons. The minimum Gasteiger partial charge on any atom is -0.491 e. The molecule has 1 amide bonds. The molecule has 1 fully saturated rings. The van der Waals surface area contributed by atoms with Gasteiger partial charge in [-0.05, 0) is 62.1 Å². The molecular weight excluding hydrogens is 412 g/mol. The number of amides is 1. The van der Waals surface area contributed by atoms with Crippen molar-refractivity contribution in [3.8, 4) is 5.75 Å². The zero-order valence-electron chi connectivity index (χ0n) is 16.2. The molecule has 1 saturated heterocycles. The Balaban J connectivity index is 1.74. The van der Waals surface area contributed by atoms with E-state index in [0.29, 0.717) is 44.1 Å². The maximum absolute atomic E-state index is 13.4. The SMILES string of the molecule is Cc1ccc2c(c1)N(C(=O)c1cc(S(=O)(=O)N3CCCC3)ccc1Cl)CCCO2. The number of hydrogen-bond donors (Lipinski definition) is 0. The quantitative estimate of drug-likeness (QED) is 0.735. The monoisotopic (exact) mass is 434 g/mol. The van der Waals surface area contributed by atoms with Gasteiger partial charge in [-0.25, -0.2) is 8.42 Å². The van der Waals surface area contributed by atoms with Crippen molar-refractivity contribution in [1.29, 1.82) is 0 Å². The van der Waals surface area contributed by atoms with Gasteiger partial charge < -0.3 is 9.64 Å². The molecule has 0 spiro atoms. The van der Waals surface area contributed by atoms with Crippen LogP contribution in [0.15, 0.2) is 41.3 Å². The van der Waals surface area contributed by atoms with Crippen molar-refractivity contribution in [2.45, 2.75) is 31.1 Å². The number of aryl methyl sites for hydroxylation is 1. The first kappa shape index (κ1) is 20.2. The fourth-order valence-corrected chi connectivity index (χ4v) is 5.49. The van der Waals surface area contributed by atoms with Gasteiger partial charge in [0, 0.05) is 19.6 Å². The smallest absolute Gasteiger partial charge is 0.259 e. The fraction of sp³-hybridized carbons (Fsp3) is 0.381. The van der Waals surface area contributed by atoms with E-state index in [9.17, 15) is 13.2 Å². The van der Waals surface area contributed by atoms with Gasteiger partial charge in [0.2, 0.25) is 10.0 Å². The van der Waals surface area contributed by atoms with Gasteiger partial charge in [0.1, 0.15) is 5.75 Å². The molecule has 29 heavy (non-hydrogen) atoms. The normalized spacial score (nSPS) is 17.5. The van der Waals surface area contributed by atoms with Crippen molar-refractivity contribution < 1.29 is 17.9 Å². The summed E-state index contributed by atoms with van der Waals surface area (Å²) in [4.78, 5) is 15.2. The highest BCUT2D eigenvalue weighted by molar-refractivity contribution is 7.89. The summed E-state index contributed by atoms with van der Waals surface area (Å²) in [7, 11) is -3.64. The molecule has 0 N–H and O–H groups in total. The maximum atomic E-state index is 13.4. The van der Waals surface area contributed by atoms with E-state index in [1.807, 2.05) is 25.1 Å². The molecule has 0 unspecified atom stereocenters. The summed E-state index contributed by atoms with van der Waals surface area (Å²) in [6.07, 6.45) is 2.37. The number of benzene rings is 2. The second kappa shape index (κ2) is 7.97. The summed E-state index contributed by atoms with van der Waals surface area (Å²) < 4.78 is 33.1. The van der Waals surface area contributed by atoms with Crippen LogP contribution in [0.3, 0.4) is 0 Å². The van der Waals surface area contributed by atoms with Crippen molar-refractivity contribution in [1.82, 2.24) is 4.31 Å². The first-order valence-corrected chi connectivity index (χ1v) is 11.5. The first-order valence-electron chi connectivity index (χ1n) is 9.73. The third-order valence-corrected chi connectivity index (χ3v) is 7.53. The third-order valence-electron chi connectivity index (χ3n) is 5.31. The second-order valence-corrected chi connectivity index (χ2v) is 9.73. The average molecular weight is 435 g/mol. The van der Waals surface area contributed by atoms with Crippen LogP contribution in [0.2, 0.25) is 5.02 Å². The van der Waals surface area contributed by atoms with Crippen LogP contribution >= 0.6 is 11.6 Å². The van der Waals surface area contributed by atoms with Gasteiger partial charge in [-0.15, -0.1) is 0 Å². The van der Waals surface area contributed by atoms with E-state index in [4.69, 9.17) is 16.3 Å². The van der Waals surface area contributed by atoms with E-state index in [1.165, 1.54) is 22.5 Å². The van der Waals surface area contributed by atoms with Gasteiger partial charge in [0.15, 0.2) is 0 Å². The highest BCUT2D eigenvalue weighted by atomic mass is 35.5. The molecule has 0 aliphatic carbocycles. The second-order valence-electron chi connectivity index (χ2n) is 7.38. The number of carbonyl (C=O) groups is 1. The third kappa shape index (κ3) is 3.86. The van der Waals surface area contributed by atoms with Crippen LogP contribution < -0.4 is 9.64 Å². The molecule has 0 radical (unpaired) electrons.